The molecule has 0 aromatic carbocycles. The summed E-state index contributed by atoms with van der Waals surface area (Å²) in [6.45, 7) is 0. The molecule has 1 rings (SSSR count). The number of sulfone groups is 1. The Kier molecular flexibility index (Phi) is 2.54. The Balaban J connectivity index is 2.60. The number of aliphatic hydroxyl groups is 1. The first kappa shape index (κ1) is 9.00. The molecule has 0 aromatic heterocycles. The zero-order chi connectivity index (χ0) is 8.48. The van der Waals surface area contributed by atoms with E-state index < -0.39 is 15.9 Å². The molecule has 0 aliphatic heterocycles. The van der Waals surface area contributed by atoms with Crippen molar-refractivity contribution in [2.45, 2.75) is 37.0 Å². The van der Waals surface area contributed by atoms with Gasteiger partial charge in [-0.05, 0) is 25.7 Å². The molecule has 0 unspecified atom stereocenters. The minimum atomic E-state index is -2.92. The maximum absolute atomic E-state index is 11.0. The minimum Gasteiger partial charge on any atom is -0.393 e. The molecule has 1 aliphatic carbocycles. The number of rotatable bonds is 1. The highest BCUT2D eigenvalue weighted by molar-refractivity contribution is 7.91. The Morgan fingerprint density at radius 3 is 2.36 bits per heavy atom. The summed E-state index contributed by atoms with van der Waals surface area (Å²) >= 11 is 0. The van der Waals surface area contributed by atoms with Gasteiger partial charge in [0, 0.05) is 6.26 Å². The van der Waals surface area contributed by atoms with Crippen LogP contribution in [-0.2, 0) is 9.84 Å². The topological polar surface area (TPSA) is 54.4 Å². The van der Waals surface area contributed by atoms with E-state index in [-0.39, 0.29) is 5.25 Å². The van der Waals surface area contributed by atoms with Crippen molar-refractivity contribution in [1.29, 1.82) is 0 Å². The first-order valence-electron chi connectivity index (χ1n) is 3.87. The zero-order valence-corrected chi connectivity index (χ0v) is 7.47. The van der Waals surface area contributed by atoms with Crippen molar-refractivity contribution in [3.05, 3.63) is 0 Å². The van der Waals surface area contributed by atoms with Gasteiger partial charge < -0.3 is 5.11 Å². The highest BCUT2D eigenvalue weighted by atomic mass is 32.2. The lowest BCUT2D eigenvalue weighted by molar-refractivity contribution is 0.131. The van der Waals surface area contributed by atoms with Crippen LogP contribution in [0.3, 0.4) is 0 Å². The van der Waals surface area contributed by atoms with Crippen LogP contribution in [-0.4, -0.2) is 31.1 Å². The predicted octanol–water partition coefficient (Wildman–Crippen LogP) is 0.335. The van der Waals surface area contributed by atoms with Crippen molar-refractivity contribution < 1.29 is 13.5 Å². The number of hydrogen-bond donors (Lipinski definition) is 1. The van der Waals surface area contributed by atoms with Crippen LogP contribution in [0.1, 0.15) is 25.7 Å². The third kappa shape index (κ3) is 2.45. The zero-order valence-electron chi connectivity index (χ0n) is 6.66. The van der Waals surface area contributed by atoms with Gasteiger partial charge in [-0.3, -0.25) is 0 Å². The molecule has 4 heteroatoms. The second-order valence-electron chi connectivity index (χ2n) is 3.27. The van der Waals surface area contributed by atoms with Gasteiger partial charge in [0.1, 0.15) is 9.84 Å². The Labute approximate surface area is 67.3 Å². The van der Waals surface area contributed by atoms with Crippen LogP contribution < -0.4 is 0 Å². The van der Waals surface area contributed by atoms with Gasteiger partial charge in [0.25, 0.3) is 0 Å². The van der Waals surface area contributed by atoms with E-state index in [9.17, 15) is 13.5 Å². The first-order chi connectivity index (χ1) is 5.00. The normalized spacial score (nSPS) is 33.6. The molecule has 0 spiro atoms. The van der Waals surface area contributed by atoms with Crippen LogP contribution in [0.15, 0.2) is 0 Å². The van der Waals surface area contributed by atoms with Crippen LogP contribution in [0.4, 0.5) is 0 Å². The highest BCUT2D eigenvalue weighted by Gasteiger charge is 2.27. The largest absolute Gasteiger partial charge is 0.393 e. The summed E-state index contributed by atoms with van der Waals surface area (Å²) in [5.41, 5.74) is 0. The number of aliphatic hydroxyl groups excluding tert-OH is 1. The highest BCUT2D eigenvalue weighted by Crippen LogP contribution is 2.23. The fourth-order valence-corrected chi connectivity index (χ4v) is 2.68. The molecular weight excluding hydrogens is 164 g/mol. The smallest absolute Gasteiger partial charge is 0.150 e. The van der Waals surface area contributed by atoms with Gasteiger partial charge in [-0.1, -0.05) is 0 Å². The molecule has 1 saturated carbocycles. The molecule has 0 saturated heterocycles. The summed E-state index contributed by atoms with van der Waals surface area (Å²) in [6.07, 6.45) is 3.58. The molecule has 2 atom stereocenters. The van der Waals surface area contributed by atoms with Gasteiger partial charge in [0.15, 0.2) is 0 Å². The van der Waals surface area contributed by atoms with Crippen molar-refractivity contribution in [2.75, 3.05) is 6.26 Å². The maximum Gasteiger partial charge on any atom is 0.150 e. The van der Waals surface area contributed by atoms with E-state index >= 15 is 0 Å². The summed E-state index contributed by atoms with van der Waals surface area (Å²) < 4.78 is 22.0. The third-order valence-corrected chi connectivity index (χ3v) is 3.84. The molecule has 0 heterocycles. The van der Waals surface area contributed by atoms with Crippen molar-refractivity contribution in [3.63, 3.8) is 0 Å². The van der Waals surface area contributed by atoms with Crippen molar-refractivity contribution in [1.82, 2.24) is 0 Å². The fourth-order valence-electron chi connectivity index (χ4n) is 1.51. The second kappa shape index (κ2) is 3.11. The summed E-state index contributed by atoms with van der Waals surface area (Å²) in [5.74, 6) is 0. The van der Waals surface area contributed by atoms with E-state index in [4.69, 9.17) is 0 Å². The van der Waals surface area contributed by atoms with E-state index in [0.717, 1.165) is 19.3 Å². The average Bonchev–Trinajstić information content (AvgIpc) is 1.86. The summed E-state index contributed by atoms with van der Waals surface area (Å²) in [6, 6.07) is 0. The van der Waals surface area contributed by atoms with Crippen LogP contribution in [0.2, 0.25) is 0 Å². The molecule has 11 heavy (non-hydrogen) atoms. The molecule has 0 amide bonds. The fraction of sp³-hybridized carbons (Fsp3) is 1.00. The Morgan fingerprint density at radius 2 is 2.00 bits per heavy atom. The Morgan fingerprint density at radius 1 is 1.36 bits per heavy atom. The van der Waals surface area contributed by atoms with Crippen molar-refractivity contribution in [3.8, 4) is 0 Å². The van der Waals surface area contributed by atoms with Crippen molar-refractivity contribution >= 4 is 9.84 Å². The molecule has 0 bridgehead atoms. The van der Waals surface area contributed by atoms with Gasteiger partial charge >= 0.3 is 0 Å². The van der Waals surface area contributed by atoms with Crippen LogP contribution in [0, 0.1) is 0 Å². The standard InChI is InChI=1S/C7H14O3S/c1-11(9,10)7-4-2-3-6(8)5-7/h6-8H,2-5H2,1H3/t6-,7+/m0/s1. The molecule has 0 aromatic rings. The lowest BCUT2D eigenvalue weighted by atomic mass is 9.97. The SMILES string of the molecule is CS(=O)(=O)[C@@H]1CCC[C@H](O)C1. The van der Waals surface area contributed by atoms with E-state index in [1.807, 2.05) is 0 Å². The van der Waals surface area contributed by atoms with E-state index in [1.165, 1.54) is 6.26 Å². The summed E-state index contributed by atoms with van der Waals surface area (Å²) in [7, 11) is -2.92. The monoisotopic (exact) mass is 178 g/mol. The predicted molar refractivity (Wildman–Crippen MR) is 43.1 cm³/mol. The summed E-state index contributed by atoms with van der Waals surface area (Å²) in [5, 5.41) is 8.88. The Bertz CT molecular complexity index is 220. The minimum absolute atomic E-state index is 0.300. The molecule has 0 radical (unpaired) electrons. The Hall–Kier alpha value is -0.0900. The molecule has 66 valence electrons. The molecular formula is C7H14O3S. The molecule has 1 N–H and O–H groups in total. The van der Waals surface area contributed by atoms with E-state index in [1.54, 1.807) is 0 Å². The summed E-state index contributed by atoms with van der Waals surface area (Å²) in [4.78, 5) is 0. The van der Waals surface area contributed by atoms with Gasteiger partial charge in [0.2, 0.25) is 0 Å². The van der Waals surface area contributed by atoms with Gasteiger partial charge in [0.05, 0.1) is 11.4 Å². The third-order valence-electron chi connectivity index (χ3n) is 2.20. The van der Waals surface area contributed by atoms with Gasteiger partial charge in [-0.2, -0.15) is 0 Å². The van der Waals surface area contributed by atoms with Crippen LogP contribution in [0.5, 0.6) is 0 Å². The lowest BCUT2D eigenvalue weighted by Crippen LogP contribution is -2.29. The first-order valence-corrected chi connectivity index (χ1v) is 5.82. The van der Waals surface area contributed by atoms with Crippen LogP contribution in [0.25, 0.3) is 0 Å². The molecule has 1 fully saturated rings. The van der Waals surface area contributed by atoms with E-state index in [2.05, 4.69) is 0 Å². The van der Waals surface area contributed by atoms with Gasteiger partial charge in [-0.15, -0.1) is 0 Å². The second-order valence-corrected chi connectivity index (χ2v) is 5.60. The van der Waals surface area contributed by atoms with Crippen molar-refractivity contribution in [2.24, 2.45) is 0 Å². The maximum atomic E-state index is 11.0. The quantitative estimate of drug-likeness (QED) is 0.629. The molecule has 1 aliphatic rings. The lowest BCUT2D eigenvalue weighted by Gasteiger charge is -2.23. The molecule has 3 nitrogen and oxygen atoms in total. The average molecular weight is 178 g/mol. The van der Waals surface area contributed by atoms with Crippen LogP contribution >= 0.6 is 0 Å². The van der Waals surface area contributed by atoms with E-state index in [0.29, 0.717) is 6.42 Å². The number of hydrogen-bond acceptors (Lipinski definition) is 3. The van der Waals surface area contributed by atoms with Gasteiger partial charge in [-0.25, -0.2) is 8.42 Å².